The van der Waals surface area contributed by atoms with Gasteiger partial charge in [-0.1, -0.05) is 42.5 Å². The minimum absolute atomic E-state index is 0.257. The summed E-state index contributed by atoms with van der Waals surface area (Å²) < 4.78 is 0. The largest absolute Gasteiger partial charge is 0.478 e. The topological polar surface area (TPSA) is 57.5 Å². The Hall–Kier alpha value is -2.13. The molecule has 0 spiro atoms. The van der Waals surface area contributed by atoms with Crippen LogP contribution in [0.1, 0.15) is 27.6 Å². The molecule has 0 aromatic heterocycles. The molecule has 0 aliphatic heterocycles. The van der Waals surface area contributed by atoms with Crippen molar-refractivity contribution in [3.63, 3.8) is 0 Å². The highest BCUT2D eigenvalue weighted by molar-refractivity contribution is 5.87. The Labute approximate surface area is 105 Å². The Morgan fingerprint density at radius 2 is 1.61 bits per heavy atom. The van der Waals surface area contributed by atoms with Crippen molar-refractivity contribution in [1.29, 1.82) is 0 Å². The molecule has 1 atom stereocenters. The molecule has 0 aliphatic rings. The van der Waals surface area contributed by atoms with Crippen molar-refractivity contribution in [1.82, 2.24) is 0 Å². The first-order chi connectivity index (χ1) is 8.66. The number of aliphatic hydroxyl groups is 1. The number of hydrogen-bond acceptors (Lipinski definition) is 2. The zero-order valence-electron chi connectivity index (χ0n) is 9.78. The van der Waals surface area contributed by atoms with E-state index in [0.717, 1.165) is 11.1 Å². The van der Waals surface area contributed by atoms with Gasteiger partial charge in [0.2, 0.25) is 0 Å². The minimum Gasteiger partial charge on any atom is -0.478 e. The van der Waals surface area contributed by atoms with E-state index < -0.39 is 12.1 Å². The van der Waals surface area contributed by atoms with Crippen molar-refractivity contribution in [2.24, 2.45) is 0 Å². The molecule has 1 unspecified atom stereocenters. The molecule has 2 N–H and O–H groups in total. The molecule has 3 nitrogen and oxygen atoms in total. The molecule has 0 saturated heterocycles. The number of carboxylic acids is 1. The first-order valence-electron chi connectivity index (χ1n) is 5.72. The van der Waals surface area contributed by atoms with Crippen LogP contribution in [0.15, 0.2) is 54.6 Å². The summed E-state index contributed by atoms with van der Waals surface area (Å²) in [4.78, 5) is 10.7. The molecule has 92 valence electrons. The lowest BCUT2D eigenvalue weighted by Crippen LogP contribution is -2.02. The monoisotopic (exact) mass is 242 g/mol. The first kappa shape index (κ1) is 12.3. The molecule has 0 fully saturated rings. The summed E-state index contributed by atoms with van der Waals surface area (Å²) >= 11 is 0. The Kier molecular flexibility index (Phi) is 3.75. The Balaban J connectivity index is 2.08. The van der Waals surface area contributed by atoms with Crippen LogP contribution >= 0.6 is 0 Å². The maximum absolute atomic E-state index is 10.7. The van der Waals surface area contributed by atoms with Gasteiger partial charge in [0, 0.05) is 6.42 Å². The van der Waals surface area contributed by atoms with E-state index >= 15 is 0 Å². The summed E-state index contributed by atoms with van der Waals surface area (Å²) in [5.74, 6) is -0.940. The van der Waals surface area contributed by atoms with Crippen LogP contribution in [0.3, 0.4) is 0 Å². The van der Waals surface area contributed by atoms with Crippen molar-refractivity contribution in [2.75, 3.05) is 0 Å². The highest BCUT2D eigenvalue weighted by atomic mass is 16.4. The van der Waals surface area contributed by atoms with E-state index in [0.29, 0.717) is 6.42 Å². The standard InChI is InChI=1S/C15H14O3/c16-14(12-4-2-1-3-5-12)10-11-6-8-13(9-7-11)15(17)18/h1-9,14,16H,10H2,(H,17,18). The maximum atomic E-state index is 10.7. The van der Waals surface area contributed by atoms with E-state index in [2.05, 4.69) is 0 Å². The molecular weight excluding hydrogens is 228 g/mol. The molecule has 2 aromatic carbocycles. The number of rotatable bonds is 4. The molecule has 3 heteroatoms. The molecule has 18 heavy (non-hydrogen) atoms. The Bertz CT molecular complexity index is 517. The molecule has 0 saturated carbocycles. The van der Waals surface area contributed by atoms with Crippen molar-refractivity contribution in [3.05, 3.63) is 71.3 Å². The quantitative estimate of drug-likeness (QED) is 0.866. The third-order valence-electron chi connectivity index (χ3n) is 2.81. The predicted molar refractivity (Wildman–Crippen MR) is 68.5 cm³/mol. The van der Waals surface area contributed by atoms with Gasteiger partial charge in [0.05, 0.1) is 11.7 Å². The third-order valence-corrected chi connectivity index (χ3v) is 2.81. The van der Waals surface area contributed by atoms with E-state index in [9.17, 15) is 9.90 Å². The molecule has 2 rings (SSSR count). The second-order valence-electron chi connectivity index (χ2n) is 4.13. The van der Waals surface area contributed by atoms with Gasteiger partial charge in [-0.3, -0.25) is 0 Å². The second-order valence-corrected chi connectivity index (χ2v) is 4.13. The van der Waals surface area contributed by atoms with Gasteiger partial charge >= 0.3 is 5.97 Å². The molecule has 0 heterocycles. The van der Waals surface area contributed by atoms with Crippen LogP contribution in [0.4, 0.5) is 0 Å². The van der Waals surface area contributed by atoms with Gasteiger partial charge in [-0.25, -0.2) is 4.79 Å². The van der Waals surface area contributed by atoms with Gasteiger partial charge in [-0.05, 0) is 23.3 Å². The van der Waals surface area contributed by atoms with Gasteiger partial charge in [0.1, 0.15) is 0 Å². The second kappa shape index (κ2) is 5.47. The minimum atomic E-state index is -0.940. The summed E-state index contributed by atoms with van der Waals surface area (Å²) in [5, 5.41) is 18.8. The van der Waals surface area contributed by atoms with Crippen LogP contribution in [-0.2, 0) is 6.42 Å². The fourth-order valence-electron chi connectivity index (χ4n) is 1.80. The van der Waals surface area contributed by atoms with E-state index in [-0.39, 0.29) is 5.56 Å². The van der Waals surface area contributed by atoms with Gasteiger partial charge in [0.15, 0.2) is 0 Å². The molecule has 0 aliphatic carbocycles. The zero-order valence-corrected chi connectivity index (χ0v) is 9.78. The fraction of sp³-hybridized carbons (Fsp3) is 0.133. The Morgan fingerprint density at radius 1 is 1.00 bits per heavy atom. The lowest BCUT2D eigenvalue weighted by molar-refractivity contribution is 0.0697. The summed E-state index contributed by atoms with van der Waals surface area (Å²) in [6.45, 7) is 0. The first-order valence-corrected chi connectivity index (χ1v) is 5.72. The average Bonchev–Trinajstić information content (AvgIpc) is 2.40. The normalized spacial score (nSPS) is 12.1. The van der Waals surface area contributed by atoms with Gasteiger partial charge in [-0.2, -0.15) is 0 Å². The number of hydrogen-bond donors (Lipinski definition) is 2. The smallest absolute Gasteiger partial charge is 0.335 e. The lowest BCUT2D eigenvalue weighted by Gasteiger charge is -2.11. The van der Waals surface area contributed by atoms with Crippen LogP contribution in [0.25, 0.3) is 0 Å². The van der Waals surface area contributed by atoms with Gasteiger partial charge in [0.25, 0.3) is 0 Å². The number of carbonyl (C=O) groups is 1. The molecular formula is C15H14O3. The average molecular weight is 242 g/mol. The van der Waals surface area contributed by atoms with Crippen LogP contribution in [0.2, 0.25) is 0 Å². The number of benzene rings is 2. The van der Waals surface area contributed by atoms with E-state index in [1.807, 2.05) is 30.3 Å². The molecule has 0 bridgehead atoms. The van der Waals surface area contributed by atoms with E-state index in [1.165, 1.54) is 0 Å². The predicted octanol–water partition coefficient (Wildman–Crippen LogP) is 2.66. The van der Waals surface area contributed by atoms with Crippen molar-refractivity contribution in [2.45, 2.75) is 12.5 Å². The highest BCUT2D eigenvalue weighted by Crippen LogP contribution is 2.18. The molecule has 0 radical (unpaired) electrons. The molecule has 2 aromatic rings. The summed E-state index contributed by atoms with van der Waals surface area (Å²) in [7, 11) is 0. The van der Waals surface area contributed by atoms with E-state index in [1.54, 1.807) is 24.3 Å². The number of aromatic carboxylic acids is 1. The van der Waals surface area contributed by atoms with E-state index in [4.69, 9.17) is 5.11 Å². The van der Waals surface area contributed by atoms with Crippen molar-refractivity contribution < 1.29 is 15.0 Å². The maximum Gasteiger partial charge on any atom is 0.335 e. The van der Waals surface area contributed by atoms with Crippen LogP contribution in [0, 0.1) is 0 Å². The van der Waals surface area contributed by atoms with Crippen molar-refractivity contribution in [3.8, 4) is 0 Å². The van der Waals surface area contributed by atoms with Crippen LogP contribution < -0.4 is 0 Å². The number of aliphatic hydroxyl groups excluding tert-OH is 1. The van der Waals surface area contributed by atoms with Crippen LogP contribution in [0.5, 0.6) is 0 Å². The fourth-order valence-corrected chi connectivity index (χ4v) is 1.80. The summed E-state index contributed by atoms with van der Waals surface area (Å²) in [5.41, 5.74) is 2.03. The number of carboxylic acid groups (broad SMARTS) is 1. The molecule has 0 amide bonds. The summed E-state index contributed by atoms with van der Waals surface area (Å²) in [6.07, 6.45) is -0.0916. The Morgan fingerprint density at radius 3 is 2.17 bits per heavy atom. The zero-order chi connectivity index (χ0) is 13.0. The van der Waals surface area contributed by atoms with Gasteiger partial charge in [-0.15, -0.1) is 0 Å². The van der Waals surface area contributed by atoms with Crippen molar-refractivity contribution >= 4 is 5.97 Å². The third kappa shape index (κ3) is 2.96. The van der Waals surface area contributed by atoms with Gasteiger partial charge < -0.3 is 10.2 Å². The SMILES string of the molecule is O=C(O)c1ccc(CC(O)c2ccccc2)cc1. The highest BCUT2D eigenvalue weighted by Gasteiger charge is 2.08. The van der Waals surface area contributed by atoms with Crippen LogP contribution in [-0.4, -0.2) is 16.2 Å². The lowest BCUT2D eigenvalue weighted by atomic mass is 10.0. The summed E-state index contributed by atoms with van der Waals surface area (Å²) in [6, 6.07) is 16.0.